The van der Waals surface area contributed by atoms with Crippen LogP contribution >= 0.6 is 11.6 Å². The fourth-order valence-electron chi connectivity index (χ4n) is 5.34. The van der Waals surface area contributed by atoms with Crippen LogP contribution in [0.15, 0.2) is 30.4 Å². The first-order chi connectivity index (χ1) is 11.0. The Hall–Kier alpha value is -1.68. The van der Waals surface area contributed by atoms with Crippen LogP contribution in [0, 0.1) is 0 Å². The van der Waals surface area contributed by atoms with E-state index < -0.39 is 5.66 Å². The maximum absolute atomic E-state index is 12.5. The monoisotopic (exact) mass is 332 g/mol. The van der Waals surface area contributed by atoms with Gasteiger partial charge in [0, 0.05) is 24.3 Å². The van der Waals surface area contributed by atoms with Crippen molar-refractivity contribution < 1.29 is 9.53 Å². The topological polar surface area (TPSA) is 32.8 Å². The van der Waals surface area contributed by atoms with E-state index in [1.807, 2.05) is 11.0 Å². The van der Waals surface area contributed by atoms with Crippen molar-refractivity contribution >= 4 is 23.4 Å². The SMILES string of the molecule is C=C1CCC[C@@]23N(C(=O)OC)CC[C@@]12c1cc(Cl)ccc1N3C. The molecule has 5 heteroatoms. The number of rotatable bonds is 0. The van der Waals surface area contributed by atoms with Gasteiger partial charge in [-0.1, -0.05) is 23.8 Å². The molecule has 1 aromatic rings. The summed E-state index contributed by atoms with van der Waals surface area (Å²) < 4.78 is 5.09. The molecule has 0 unspecified atom stereocenters. The zero-order valence-corrected chi connectivity index (χ0v) is 14.3. The minimum Gasteiger partial charge on any atom is -0.453 e. The van der Waals surface area contributed by atoms with E-state index in [4.69, 9.17) is 16.3 Å². The van der Waals surface area contributed by atoms with Crippen LogP contribution in [0.25, 0.3) is 0 Å². The lowest BCUT2D eigenvalue weighted by atomic mass is 9.61. The lowest BCUT2D eigenvalue weighted by Gasteiger charge is -2.52. The van der Waals surface area contributed by atoms with Crippen LogP contribution in [-0.4, -0.2) is 37.4 Å². The van der Waals surface area contributed by atoms with Gasteiger partial charge in [-0.2, -0.15) is 0 Å². The number of hydrogen-bond donors (Lipinski definition) is 0. The van der Waals surface area contributed by atoms with Gasteiger partial charge in [0.2, 0.25) is 0 Å². The maximum atomic E-state index is 12.5. The summed E-state index contributed by atoms with van der Waals surface area (Å²) in [4.78, 5) is 16.7. The van der Waals surface area contributed by atoms with Crippen LogP contribution in [-0.2, 0) is 10.2 Å². The molecule has 1 aromatic carbocycles. The van der Waals surface area contributed by atoms with Gasteiger partial charge < -0.3 is 9.64 Å². The number of likely N-dealkylation sites (tertiary alicyclic amines) is 1. The second kappa shape index (κ2) is 4.67. The highest BCUT2D eigenvalue weighted by Gasteiger charge is 2.70. The minimum atomic E-state index is -0.414. The first-order valence-electron chi connectivity index (χ1n) is 8.07. The van der Waals surface area contributed by atoms with Crippen molar-refractivity contribution in [2.24, 2.45) is 0 Å². The third-order valence-corrected chi connectivity index (χ3v) is 6.41. The Morgan fingerprint density at radius 1 is 1.39 bits per heavy atom. The molecule has 2 atom stereocenters. The predicted octanol–water partition coefficient (Wildman–Crippen LogP) is 3.94. The highest BCUT2D eigenvalue weighted by atomic mass is 35.5. The fraction of sp³-hybridized carbons (Fsp3) is 0.500. The van der Waals surface area contributed by atoms with Gasteiger partial charge in [-0.05, 0) is 49.4 Å². The Morgan fingerprint density at radius 3 is 2.91 bits per heavy atom. The van der Waals surface area contributed by atoms with E-state index in [-0.39, 0.29) is 11.5 Å². The van der Waals surface area contributed by atoms with Gasteiger partial charge in [0.1, 0.15) is 5.66 Å². The zero-order valence-electron chi connectivity index (χ0n) is 13.6. The van der Waals surface area contributed by atoms with Gasteiger partial charge in [-0.3, -0.25) is 4.90 Å². The Balaban J connectivity index is 2.01. The Bertz CT molecular complexity index is 719. The highest BCUT2D eigenvalue weighted by Crippen LogP contribution is 2.65. The largest absolute Gasteiger partial charge is 0.453 e. The van der Waals surface area contributed by atoms with Crippen LogP contribution in [0.5, 0.6) is 0 Å². The van der Waals surface area contributed by atoms with Crippen molar-refractivity contribution in [1.82, 2.24) is 4.90 Å². The number of halogens is 1. The average Bonchev–Trinajstić information content (AvgIpc) is 3.00. The molecule has 0 radical (unpaired) electrons. The number of ether oxygens (including phenoxy) is 1. The first-order valence-corrected chi connectivity index (χ1v) is 8.44. The smallest absolute Gasteiger partial charge is 0.411 e. The van der Waals surface area contributed by atoms with Crippen molar-refractivity contribution in [1.29, 1.82) is 0 Å². The van der Waals surface area contributed by atoms with E-state index in [0.29, 0.717) is 6.54 Å². The summed E-state index contributed by atoms with van der Waals surface area (Å²) in [7, 11) is 3.53. The summed E-state index contributed by atoms with van der Waals surface area (Å²) >= 11 is 6.31. The minimum absolute atomic E-state index is 0.242. The summed E-state index contributed by atoms with van der Waals surface area (Å²) in [5.74, 6) is 0. The molecule has 2 fully saturated rings. The number of carbonyl (C=O) groups excluding carboxylic acids is 1. The van der Waals surface area contributed by atoms with E-state index in [2.05, 4.69) is 30.7 Å². The molecule has 1 saturated heterocycles. The van der Waals surface area contributed by atoms with Crippen LogP contribution in [0.3, 0.4) is 0 Å². The normalized spacial score (nSPS) is 31.7. The van der Waals surface area contributed by atoms with Crippen molar-refractivity contribution in [3.05, 3.63) is 40.9 Å². The quantitative estimate of drug-likeness (QED) is 0.675. The van der Waals surface area contributed by atoms with Gasteiger partial charge in [0.15, 0.2) is 0 Å². The van der Waals surface area contributed by atoms with Crippen LogP contribution in [0.2, 0.25) is 5.02 Å². The molecule has 4 rings (SSSR count). The molecule has 2 heterocycles. The Morgan fingerprint density at radius 2 is 2.17 bits per heavy atom. The van der Waals surface area contributed by atoms with Gasteiger partial charge in [-0.15, -0.1) is 0 Å². The molecule has 0 N–H and O–H groups in total. The van der Waals surface area contributed by atoms with Gasteiger partial charge in [-0.25, -0.2) is 4.79 Å². The molecule has 3 aliphatic rings. The van der Waals surface area contributed by atoms with E-state index in [9.17, 15) is 4.79 Å². The van der Waals surface area contributed by atoms with Crippen molar-refractivity contribution in [3.63, 3.8) is 0 Å². The number of hydrogen-bond acceptors (Lipinski definition) is 3. The zero-order chi connectivity index (χ0) is 16.4. The average molecular weight is 333 g/mol. The lowest BCUT2D eigenvalue weighted by molar-refractivity contribution is 0.0586. The summed E-state index contributed by atoms with van der Waals surface area (Å²) in [6.45, 7) is 5.10. The van der Waals surface area contributed by atoms with Crippen molar-refractivity contribution in [2.45, 2.75) is 36.8 Å². The molecule has 0 spiro atoms. The second-order valence-electron chi connectivity index (χ2n) is 6.77. The molecule has 23 heavy (non-hydrogen) atoms. The molecule has 0 bridgehead atoms. The van der Waals surface area contributed by atoms with Gasteiger partial charge in [0.05, 0.1) is 12.5 Å². The molecule has 4 nitrogen and oxygen atoms in total. The summed E-state index contributed by atoms with van der Waals surface area (Å²) in [5.41, 5.74) is 2.91. The molecule has 122 valence electrons. The molecular formula is C18H21ClN2O2. The molecule has 2 aliphatic heterocycles. The van der Waals surface area contributed by atoms with Crippen molar-refractivity contribution in [3.8, 4) is 0 Å². The predicted molar refractivity (Wildman–Crippen MR) is 91.0 cm³/mol. The number of carbonyl (C=O) groups is 1. The Kier molecular flexibility index (Phi) is 3.02. The number of anilines is 1. The Labute approximate surface area is 141 Å². The summed E-state index contributed by atoms with van der Waals surface area (Å²) in [6, 6.07) is 6.04. The van der Waals surface area contributed by atoms with E-state index in [1.54, 1.807) is 0 Å². The molecule has 1 saturated carbocycles. The number of nitrogens with zero attached hydrogens (tertiary/aromatic N) is 2. The number of methoxy groups -OCH3 is 1. The van der Waals surface area contributed by atoms with Gasteiger partial charge >= 0.3 is 6.09 Å². The second-order valence-corrected chi connectivity index (χ2v) is 7.21. The number of amides is 1. The fourth-order valence-corrected chi connectivity index (χ4v) is 5.51. The standard InChI is InChI=1S/C18H21ClN2O2/c1-12-5-4-8-18-17(12,9-10-21(18)16(22)23-3)14-11-13(19)6-7-15(14)20(18)2/h6-7,11H,1,4-5,8-10H2,2-3H3/t17-,18+/m0/s1. The molecule has 0 aromatic heterocycles. The van der Waals surface area contributed by atoms with Crippen LogP contribution in [0.1, 0.15) is 31.2 Å². The maximum Gasteiger partial charge on any atom is 0.411 e. The van der Waals surface area contributed by atoms with Crippen molar-refractivity contribution in [2.75, 3.05) is 25.6 Å². The highest BCUT2D eigenvalue weighted by molar-refractivity contribution is 6.30. The van der Waals surface area contributed by atoms with Crippen LogP contribution in [0.4, 0.5) is 10.5 Å². The number of likely N-dealkylation sites (N-methyl/N-ethyl adjacent to an activating group) is 1. The number of fused-ring (bicyclic) bond motifs is 1. The lowest BCUT2D eigenvalue weighted by Crippen LogP contribution is -2.65. The van der Waals surface area contributed by atoms with E-state index >= 15 is 0 Å². The molecule has 1 aliphatic carbocycles. The first kappa shape index (κ1) is 14.9. The number of benzene rings is 1. The van der Waals surface area contributed by atoms with Crippen LogP contribution < -0.4 is 4.90 Å². The summed E-state index contributed by atoms with van der Waals surface area (Å²) in [6.07, 6.45) is 3.56. The van der Waals surface area contributed by atoms with E-state index in [0.717, 1.165) is 36.4 Å². The van der Waals surface area contributed by atoms with Gasteiger partial charge in [0.25, 0.3) is 0 Å². The third kappa shape index (κ3) is 1.50. The molecular weight excluding hydrogens is 312 g/mol. The van der Waals surface area contributed by atoms with E-state index in [1.165, 1.54) is 18.2 Å². The third-order valence-electron chi connectivity index (χ3n) is 6.18. The summed E-state index contributed by atoms with van der Waals surface area (Å²) in [5, 5.41) is 0.734. The molecule has 1 amide bonds.